The van der Waals surface area contributed by atoms with Gasteiger partial charge in [0.05, 0.1) is 0 Å². The Morgan fingerprint density at radius 1 is 0.778 bits per heavy atom. The second-order valence-corrected chi connectivity index (χ2v) is 7.90. The van der Waals surface area contributed by atoms with E-state index < -0.39 is 0 Å². The van der Waals surface area contributed by atoms with Gasteiger partial charge in [-0.05, 0) is 67.6 Å². The largest absolute Gasteiger partial charge is 0.0530 e. The smallest absolute Gasteiger partial charge is 0.0202 e. The average molecular weight is 245 g/mol. The van der Waals surface area contributed by atoms with Gasteiger partial charge in [-0.2, -0.15) is 0 Å². The Morgan fingerprint density at radius 2 is 1.61 bits per heavy atom. The van der Waals surface area contributed by atoms with E-state index in [1.807, 2.05) is 5.92 Å². The molecule has 2 atom stereocenters. The molecule has 0 heteroatoms. The van der Waals surface area contributed by atoms with Crippen LogP contribution in [0.2, 0.25) is 0 Å². The molecule has 0 spiro atoms. The molecule has 0 amide bonds. The Bertz CT molecular complexity index is 281. The van der Waals surface area contributed by atoms with Gasteiger partial charge in [-0.15, -0.1) is 0 Å². The molecule has 4 saturated carbocycles. The fourth-order valence-corrected chi connectivity index (χ4v) is 6.49. The first-order valence-electron chi connectivity index (χ1n) is 8.72. The zero-order valence-corrected chi connectivity index (χ0v) is 11.9. The molecule has 4 fully saturated rings. The maximum atomic E-state index is 2.04. The first-order valence-corrected chi connectivity index (χ1v) is 8.72. The minimum Gasteiger partial charge on any atom is -0.0530 e. The predicted molar refractivity (Wildman–Crippen MR) is 76.2 cm³/mol. The minimum absolute atomic E-state index is 0.808. The van der Waals surface area contributed by atoms with Crippen molar-refractivity contribution in [2.24, 2.45) is 23.2 Å². The summed E-state index contributed by atoms with van der Waals surface area (Å²) in [4.78, 5) is 0. The molecule has 0 aromatic heterocycles. The third kappa shape index (κ3) is 1.78. The van der Waals surface area contributed by atoms with Gasteiger partial charge in [0.25, 0.3) is 0 Å². The summed E-state index contributed by atoms with van der Waals surface area (Å²) in [5.41, 5.74) is 0.808. The summed E-state index contributed by atoms with van der Waals surface area (Å²) in [7, 11) is 0. The Morgan fingerprint density at radius 3 is 2.44 bits per heavy atom. The predicted octanol–water partition coefficient (Wildman–Crippen LogP) is 5.52. The van der Waals surface area contributed by atoms with E-state index in [9.17, 15) is 0 Å². The highest BCUT2D eigenvalue weighted by molar-refractivity contribution is 5.14. The molecular formula is C18H29. The summed E-state index contributed by atoms with van der Waals surface area (Å²) in [6.45, 7) is 0. The summed E-state index contributed by atoms with van der Waals surface area (Å²) in [5, 5.41) is 0. The van der Waals surface area contributed by atoms with E-state index in [4.69, 9.17) is 0 Å². The fourth-order valence-electron chi connectivity index (χ4n) is 6.49. The van der Waals surface area contributed by atoms with E-state index >= 15 is 0 Å². The van der Waals surface area contributed by atoms with Crippen LogP contribution in [0.4, 0.5) is 0 Å². The molecular weight excluding hydrogens is 216 g/mol. The lowest BCUT2D eigenvalue weighted by Gasteiger charge is -2.52. The number of hydrogen-bond acceptors (Lipinski definition) is 0. The molecule has 0 aromatic carbocycles. The van der Waals surface area contributed by atoms with Crippen LogP contribution in [0, 0.1) is 29.1 Å². The Kier molecular flexibility index (Phi) is 2.97. The van der Waals surface area contributed by atoms with E-state index in [1.165, 1.54) is 25.7 Å². The SMILES string of the molecule is C1CCC2CC[C](C1)C2C12CCCC(CCC1)C2. The molecule has 0 saturated heterocycles. The first kappa shape index (κ1) is 11.8. The van der Waals surface area contributed by atoms with Gasteiger partial charge in [0.2, 0.25) is 0 Å². The third-order valence-electron chi connectivity index (χ3n) is 7.00. The molecule has 0 aliphatic heterocycles. The second-order valence-electron chi connectivity index (χ2n) is 7.90. The Hall–Kier alpha value is 0. The van der Waals surface area contributed by atoms with Crippen molar-refractivity contribution in [3.8, 4) is 0 Å². The third-order valence-corrected chi connectivity index (χ3v) is 7.00. The zero-order valence-electron chi connectivity index (χ0n) is 11.9. The minimum atomic E-state index is 0.808. The number of hydrogen-bond donors (Lipinski definition) is 0. The van der Waals surface area contributed by atoms with Crippen LogP contribution < -0.4 is 0 Å². The molecule has 4 rings (SSSR count). The van der Waals surface area contributed by atoms with Gasteiger partial charge in [0.1, 0.15) is 0 Å². The summed E-state index contributed by atoms with van der Waals surface area (Å²) in [5.74, 6) is 5.36. The number of fused-ring (bicyclic) bond motifs is 5. The van der Waals surface area contributed by atoms with Gasteiger partial charge in [-0.1, -0.05) is 44.9 Å². The molecule has 0 nitrogen and oxygen atoms in total. The van der Waals surface area contributed by atoms with Crippen molar-refractivity contribution in [1.82, 2.24) is 0 Å². The molecule has 4 aliphatic carbocycles. The van der Waals surface area contributed by atoms with Crippen LogP contribution >= 0.6 is 0 Å². The molecule has 0 N–H and O–H groups in total. The maximum Gasteiger partial charge on any atom is -0.0202 e. The van der Waals surface area contributed by atoms with Crippen LogP contribution in [-0.2, 0) is 0 Å². The van der Waals surface area contributed by atoms with Crippen LogP contribution in [0.25, 0.3) is 0 Å². The highest BCUT2D eigenvalue weighted by Crippen LogP contribution is 2.63. The van der Waals surface area contributed by atoms with Gasteiger partial charge in [-0.25, -0.2) is 0 Å². The van der Waals surface area contributed by atoms with Crippen molar-refractivity contribution < 1.29 is 0 Å². The van der Waals surface area contributed by atoms with Crippen LogP contribution in [0.5, 0.6) is 0 Å². The van der Waals surface area contributed by atoms with Crippen molar-refractivity contribution in [2.45, 2.75) is 83.5 Å². The average Bonchev–Trinajstić information content (AvgIpc) is 2.63. The molecule has 101 valence electrons. The van der Waals surface area contributed by atoms with Crippen molar-refractivity contribution in [3.63, 3.8) is 0 Å². The highest BCUT2D eigenvalue weighted by Gasteiger charge is 2.52. The van der Waals surface area contributed by atoms with Crippen LogP contribution in [-0.4, -0.2) is 0 Å². The lowest BCUT2D eigenvalue weighted by atomic mass is 9.53. The van der Waals surface area contributed by atoms with Crippen molar-refractivity contribution in [2.75, 3.05) is 0 Å². The molecule has 0 aromatic rings. The van der Waals surface area contributed by atoms with E-state index in [0.29, 0.717) is 0 Å². The Labute approximate surface area is 113 Å². The maximum absolute atomic E-state index is 2.04. The summed E-state index contributed by atoms with van der Waals surface area (Å²) in [6, 6.07) is 0. The topological polar surface area (TPSA) is 0 Å². The normalized spacial score (nSPS) is 49.0. The standard InChI is InChI=1S/C18H29/c1-2-8-16-10-9-15(7-1)17(16)18-11-3-5-14(13-18)6-4-12-18/h14-15,17H,1-13H2. The van der Waals surface area contributed by atoms with Gasteiger partial charge in [-0.3, -0.25) is 0 Å². The van der Waals surface area contributed by atoms with Gasteiger partial charge < -0.3 is 0 Å². The molecule has 1 radical (unpaired) electrons. The van der Waals surface area contributed by atoms with Crippen molar-refractivity contribution in [3.05, 3.63) is 5.92 Å². The molecule has 0 heterocycles. The van der Waals surface area contributed by atoms with Crippen LogP contribution in [0.3, 0.4) is 0 Å². The van der Waals surface area contributed by atoms with Crippen LogP contribution in [0.1, 0.15) is 83.5 Å². The van der Waals surface area contributed by atoms with Crippen molar-refractivity contribution >= 4 is 0 Å². The lowest BCUT2D eigenvalue weighted by molar-refractivity contribution is 0.00712. The summed E-state index contributed by atoms with van der Waals surface area (Å²) >= 11 is 0. The van der Waals surface area contributed by atoms with E-state index in [2.05, 4.69) is 0 Å². The lowest BCUT2D eigenvalue weighted by Crippen LogP contribution is -2.42. The number of rotatable bonds is 1. The zero-order chi connectivity index (χ0) is 12.0. The summed E-state index contributed by atoms with van der Waals surface area (Å²) in [6.07, 6.45) is 20.2. The second kappa shape index (κ2) is 4.53. The molecule has 2 unspecified atom stereocenters. The van der Waals surface area contributed by atoms with Crippen LogP contribution in [0.15, 0.2) is 0 Å². The summed E-state index contributed by atoms with van der Waals surface area (Å²) < 4.78 is 0. The molecule has 4 bridgehead atoms. The van der Waals surface area contributed by atoms with Gasteiger partial charge in [0.15, 0.2) is 0 Å². The quantitative estimate of drug-likeness (QED) is 0.570. The molecule has 18 heavy (non-hydrogen) atoms. The van der Waals surface area contributed by atoms with Crippen molar-refractivity contribution in [1.29, 1.82) is 0 Å². The van der Waals surface area contributed by atoms with Gasteiger partial charge in [0, 0.05) is 0 Å². The Balaban J connectivity index is 1.64. The van der Waals surface area contributed by atoms with E-state index in [1.54, 1.807) is 57.8 Å². The fraction of sp³-hybridized carbons (Fsp3) is 0.944. The highest BCUT2D eigenvalue weighted by atomic mass is 14.6. The van der Waals surface area contributed by atoms with E-state index in [0.717, 1.165) is 23.2 Å². The van der Waals surface area contributed by atoms with Gasteiger partial charge >= 0.3 is 0 Å². The first-order chi connectivity index (χ1) is 8.87. The van der Waals surface area contributed by atoms with E-state index in [-0.39, 0.29) is 0 Å². The monoisotopic (exact) mass is 245 g/mol. The molecule has 4 aliphatic rings.